The molecule has 1 unspecified atom stereocenters. The summed E-state index contributed by atoms with van der Waals surface area (Å²) in [5.41, 5.74) is 1.49. The summed E-state index contributed by atoms with van der Waals surface area (Å²) in [6.07, 6.45) is 0.724. The van der Waals surface area contributed by atoms with Gasteiger partial charge in [0.1, 0.15) is 6.04 Å². The molecule has 1 N–H and O–H groups in total. The van der Waals surface area contributed by atoms with Crippen molar-refractivity contribution < 1.29 is 9.59 Å². The van der Waals surface area contributed by atoms with Gasteiger partial charge in [0.25, 0.3) is 0 Å². The fourth-order valence-electron chi connectivity index (χ4n) is 3.72. The number of amides is 2. The first-order valence-corrected chi connectivity index (χ1v) is 13.6. The van der Waals surface area contributed by atoms with Crippen LogP contribution in [0.2, 0.25) is 10.0 Å². The monoisotopic (exact) mass is 542 g/mol. The van der Waals surface area contributed by atoms with E-state index in [0.29, 0.717) is 35.2 Å². The Labute approximate surface area is 228 Å². The van der Waals surface area contributed by atoms with Gasteiger partial charge in [0.2, 0.25) is 11.8 Å². The summed E-state index contributed by atoms with van der Waals surface area (Å²) in [4.78, 5) is 29.9. The molecule has 0 aliphatic heterocycles. The average molecular weight is 544 g/mol. The van der Waals surface area contributed by atoms with Crippen LogP contribution in [0, 0.1) is 0 Å². The highest BCUT2D eigenvalue weighted by atomic mass is 35.5. The molecule has 1 atom stereocenters. The van der Waals surface area contributed by atoms with Crippen LogP contribution in [0.1, 0.15) is 38.3 Å². The summed E-state index contributed by atoms with van der Waals surface area (Å²) in [5.74, 6) is 0.353. The van der Waals surface area contributed by atoms with Crippen molar-refractivity contribution in [2.24, 2.45) is 0 Å². The summed E-state index contributed by atoms with van der Waals surface area (Å²) in [5, 5.41) is 4.39. The SMILES string of the molecule is CC(C)(C)NC(=O)C(Cc1ccccc1)N(Cc1ccc(Cl)cc1)C(=O)CCSc1ccc(Cl)cc1. The average Bonchev–Trinajstić information content (AvgIpc) is 2.83. The first-order chi connectivity index (χ1) is 17.1. The van der Waals surface area contributed by atoms with Gasteiger partial charge in [-0.1, -0.05) is 65.7 Å². The highest BCUT2D eigenvalue weighted by molar-refractivity contribution is 7.99. The molecular weight excluding hydrogens is 511 g/mol. The molecule has 0 saturated heterocycles. The van der Waals surface area contributed by atoms with Crippen LogP contribution in [0.4, 0.5) is 0 Å². The van der Waals surface area contributed by atoms with Crippen LogP contribution < -0.4 is 5.32 Å². The van der Waals surface area contributed by atoms with E-state index in [9.17, 15) is 9.59 Å². The highest BCUT2D eigenvalue weighted by Gasteiger charge is 2.32. The van der Waals surface area contributed by atoms with Gasteiger partial charge in [-0.3, -0.25) is 9.59 Å². The minimum atomic E-state index is -0.657. The Hall–Kier alpha value is -2.47. The Morgan fingerprint density at radius 3 is 2.03 bits per heavy atom. The molecule has 0 bridgehead atoms. The number of hydrogen-bond acceptors (Lipinski definition) is 3. The van der Waals surface area contributed by atoms with Gasteiger partial charge in [-0.05, 0) is 68.3 Å². The number of thioether (sulfide) groups is 1. The van der Waals surface area contributed by atoms with Crippen LogP contribution in [0.3, 0.4) is 0 Å². The summed E-state index contributed by atoms with van der Waals surface area (Å²) in [6.45, 7) is 6.15. The zero-order valence-corrected chi connectivity index (χ0v) is 23.2. The Morgan fingerprint density at radius 1 is 0.861 bits per heavy atom. The fourth-order valence-corrected chi connectivity index (χ4v) is 4.82. The lowest BCUT2D eigenvalue weighted by Gasteiger charge is -2.34. The molecule has 0 heterocycles. The number of benzene rings is 3. The number of nitrogens with one attached hydrogen (secondary N) is 1. The topological polar surface area (TPSA) is 49.4 Å². The maximum Gasteiger partial charge on any atom is 0.243 e. The zero-order valence-electron chi connectivity index (χ0n) is 20.8. The minimum Gasteiger partial charge on any atom is -0.350 e. The van der Waals surface area contributed by atoms with E-state index in [1.54, 1.807) is 28.8 Å². The van der Waals surface area contributed by atoms with Crippen LogP contribution in [-0.2, 0) is 22.6 Å². The van der Waals surface area contributed by atoms with Crippen molar-refractivity contribution in [3.8, 4) is 0 Å². The van der Waals surface area contributed by atoms with Crippen LogP contribution in [0.15, 0.2) is 83.8 Å². The second-order valence-electron chi connectivity index (χ2n) is 9.65. The zero-order chi connectivity index (χ0) is 26.1. The van der Waals surface area contributed by atoms with E-state index in [-0.39, 0.29) is 11.8 Å². The van der Waals surface area contributed by atoms with Crippen LogP contribution >= 0.6 is 35.0 Å². The molecule has 0 fully saturated rings. The number of rotatable bonds is 10. The van der Waals surface area contributed by atoms with E-state index < -0.39 is 11.6 Å². The van der Waals surface area contributed by atoms with Gasteiger partial charge in [-0.15, -0.1) is 11.8 Å². The van der Waals surface area contributed by atoms with E-state index >= 15 is 0 Å². The Kier molecular flexibility index (Phi) is 10.3. The lowest BCUT2D eigenvalue weighted by molar-refractivity contribution is -0.141. The predicted octanol–water partition coefficient (Wildman–Crippen LogP) is 7.03. The molecule has 0 aliphatic rings. The van der Waals surface area contributed by atoms with Crippen LogP contribution in [-0.4, -0.2) is 34.0 Å². The van der Waals surface area contributed by atoms with Crippen molar-refractivity contribution in [3.63, 3.8) is 0 Å². The van der Waals surface area contributed by atoms with E-state index in [4.69, 9.17) is 23.2 Å². The summed E-state index contributed by atoms with van der Waals surface area (Å²) in [7, 11) is 0. The molecule has 0 aromatic heterocycles. The van der Waals surface area contributed by atoms with Crippen molar-refractivity contribution in [1.82, 2.24) is 10.2 Å². The van der Waals surface area contributed by atoms with Crippen molar-refractivity contribution in [1.29, 1.82) is 0 Å². The fraction of sp³-hybridized carbons (Fsp3) is 0.310. The number of carbonyl (C=O) groups is 2. The molecule has 7 heteroatoms. The molecule has 3 aromatic carbocycles. The number of nitrogens with zero attached hydrogens (tertiary/aromatic N) is 1. The van der Waals surface area contributed by atoms with Gasteiger partial charge in [0, 0.05) is 45.6 Å². The molecule has 3 rings (SSSR count). The third kappa shape index (κ3) is 9.20. The molecule has 2 amide bonds. The molecule has 190 valence electrons. The molecule has 0 aliphatic carbocycles. The molecule has 3 aromatic rings. The quantitative estimate of drug-likeness (QED) is 0.279. The van der Waals surface area contributed by atoms with Gasteiger partial charge in [0.15, 0.2) is 0 Å². The second kappa shape index (κ2) is 13.2. The van der Waals surface area contributed by atoms with Crippen LogP contribution in [0.25, 0.3) is 0 Å². The third-order valence-corrected chi connectivity index (χ3v) is 6.95. The predicted molar refractivity (Wildman–Crippen MR) is 151 cm³/mol. The van der Waals surface area contributed by atoms with E-state index in [1.807, 2.05) is 87.5 Å². The normalized spacial score (nSPS) is 12.1. The Bertz CT molecular complexity index is 1130. The van der Waals surface area contributed by atoms with Crippen molar-refractivity contribution in [2.45, 2.75) is 56.6 Å². The smallest absolute Gasteiger partial charge is 0.243 e. The first kappa shape index (κ1) is 28.1. The molecule has 4 nitrogen and oxygen atoms in total. The Balaban J connectivity index is 1.85. The number of hydrogen-bond donors (Lipinski definition) is 1. The standard InChI is InChI=1S/C29H32Cl2N2O2S/c1-29(2,3)32-28(35)26(19-21-7-5-4-6-8-21)33(20-22-9-11-23(30)12-10-22)27(34)17-18-36-25-15-13-24(31)14-16-25/h4-16,26H,17-20H2,1-3H3,(H,32,35). The molecule has 36 heavy (non-hydrogen) atoms. The summed E-state index contributed by atoms with van der Waals surface area (Å²) >= 11 is 13.7. The third-order valence-electron chi connectivity index (χ3n) is 5.43. The van der Waals surface area contributed by atoms with Crippen molar-refractivity contribution >= 4 is 46.8 Å². The van der Waals surface area contributed by atoms with Crippen molar-refractivity contribution in [3.05, 3.63) is 100 Å². The van der Waals surface area contributed by atoms with Gasteiger partial charge in [-0.25, -0.2) is 0 Å². The van der Waals surface area contributed by atoms with E-state index in [1.165, 1.54) is 0 Å². The highest BCUT2D eigenvalue weighted by Crippen LogP contribution is 2.23. The van der Waals surface area contributed by atoms with Crippen LogP contribution in [0.5, 0.6) is 0 Å². The minimum absolute atomic E-state index is 0.0728. The lowest BCUT2D eigenvalue weighted by Crippen LogP contribution is -2.54. The molecule has 0 spiro atoms. The molecular formula is C29H32Cl2N2O2S. The lowest BCUT2D eigenvalue weighted by atomic mass is 10.0. The van der Waals surface area contributed by atoms with Crippen molar-refractivity contribution in [2.75, 3.05) is 5.75 Å². The van der Waals surface area contributed by atoms with E-state index in [2.05, 4.69) is 5.32 Å². The Morgan fingerprint density at radius 2 is 1.44 bits per heavy atom. The second-order valence-corrected chi connectivity index (χ2v) is 11.7. The van der Waals surface area contributed by atoms with Gasteiger partial charge < -0.3 is 10.2 Å². The summed E-state index contributed by atoms with van der Waals surface area (Å²) < 4.78 is 0. The number of halogens is 2. The molecule has 0 saturated carbocycles. The maximum atomic E-state index is 13.6. The first-order valence-electron chi connectivity index (χ1n) is 11.9. The van der Waals surface area contributed by atoms with Gasteiger partial charge >= 0.3 is 0 Å². The maximum absolute atomic E-state index is 13.6. The van der Waals surface area contributed by atoms with E-state index in [0.717, 1.165) is 16.0 Å². The van der Waals surface area contributed by atoms with Gasteiger partial charge in [-0.2, -0.15) is 0 Å². The molecule has 0 radical (unpaired) electrons. The number of carbonyl (C=O) groups excluding carboxylic acids is 2. The largest absolute Gasteiger partial charge is 0.350 e. The van der Waals surface area contributed by atoms with Gasteiger partial charge in [0.05, 0.1) is 0 Å². The summed E-state index contributed by atoms with van der Waals surface area (Å²) in [6, 6.07) is 24.1.